The summed E-state index contributed by atoms with van der Waals surface area (Å²) in [5.74, 6) is -2.67. The number of anilines is 1. The Morgan fingerprint density at radius 3 is 2.67 bits per heavy atom. The molecule has 0 bridgehead atoms. The second-order valence-corrected chi connectivity index (χ2v) is 8.31. The van der Waals surface area contributed by atoms with Gasteiger partial charge in [0.1, 0.15) is 5.82 Å². The van der Waals surface area contributed by atoms with Crippen molar-refractivity contribution in [2.24, 2.45) is 5.92 Å². The molecule has 9 heteroatoms. The fraction of sp³-hybridized carbons (Fsp3) is 0.417. The molecule has 2 amide bonds. The van der Waals surface area contributed by atoms with Crippen molar-refractivity contribution in [2.45, 2.75) is 45.1 Å². The highest BCUT2D eigenvalue weighted by Gasteiger charge is 2.30. The van der Waals surface area contributed by atoms with Gasteiger partial charge >= 0.3 is 0 Å². The Labute approximate surface area is 191 Å². The van der Waals surface area contributed by atoms with E-state index in [2.05, 4.69) is 21.9 Å². The molecule has 33 heavy (non-hydrogen) atoms. The lowest BCUT2D eigenvalue weighted by atomic mass is 10.0. The molecular weight excluding hydrogens is 430 g/mol. The summed E-state index contributed by atoms with van der Waals surface area (Å²) in [5.41, 5.74) is 1.30. The molecule has 7 nitrogen and oxygen atoms in total. The zero-order valence-electron chi connectivity index (χ0n) is 19.0. The van der Waals surface area contributed by atoms with Crippen LogP contribution in [0.15, 0.2) is 42.6 Å². The number of pyridine rings is 2. The lowest BCUT2D eigenvalue weighted by Gasteiger charge is -2.20. The predicted molar refractivity (Wildman–Crippen MR) is 120 cm³/mol. The van der Waals surface area contributed by atoms with Gasteiger partial charge in [0.2, 0.25) is 11.8 Å². The Balaban J connectivity index is 1.66. The van der Waals surface area contributed by atoms with E-state index in [1.54, 1.807) is 31.3 Å². The molecular formula is C24H28F2N4O3. The van der Waals surface area contributed by atoms with E-state index in [0.717, 1.165) is 12.8 Å². The standard InChI is InChI=1S/C24H28F2N4O3/c1-15(2)24(25,26)11-9-19-8-7-18(22(28-19)33-4)14-30(3)23(32)17-10-12-27-20(13-17)29-21(31)16-5-6-16/h7-8,10,12-13,16H,1,5-6,9,11,14H2,2-4H3,(H,27,29,31). The third kappa shape index (κ3) is 6.34. The number of nitrogens with zero attached hydrogens (tertiary/aromatic N) is 3. The number of methoxy groups -OCH3 is 1. The second-order valence-electron chi connectivity index (χ2n) is 8.31. The smallest absolute Gasteiger partial charge is 0.269 e. The van der Waals surface area contributed by atoms with Crippen LogP contribution in [-0.2, 0) is 17.8 Å². The van der Waals surface area contributed by atoms with Crippen LogP contribution >= 0.6 is 0 Å². The molecule has 0 aromatic carbocycles. The number of halogens is 2. The third-order valence-corrected chi connectivity index (χ3v) is 5.47. The van der Waals surface area contributed by atoms with Gasteiger partial charge in [0.05, 0.1) is 13.7 Å². The molecule has 3 rings (SSSR count). The van der Waals surface area contributed by atoms with Gasteiger partial charge in [-0.15, -0.1) is 0 Å². The number of carbonyl (C=O) groups excluding carboxylic acids is 2. The van der Waals surface area contributed by atoms with E-state index in [1.807, 2.05) is 0 Å². The average Bonchev–Trinajstić information content (AvgIpc) is 3.63. The third-order valence-electron chi connectivity index (χ3n) is 5.47. The molecule has 2 aromatic heterocycles. The molecule has 2 aromatic rings. The molecule has 2 heterocycles. The summed E-state index contributed by atoms with van der Waals surface area (Å²) < 4.78 is 33.0. The molecule has 1 saturated carbocycles. The van der Waals surface area contributed by atoms with Crippen LogP contribution in [0, 0.1) is 5.92 Å². The Kier molecular flexibility index (Phi) is 7.40. The molecule has 0 spiro atoms. The number of carbonyl (C=O) groups is 2. The highest BCUT2D eigenvalue weighted by Crippen LogP contribution is 2.30. The van der Waals surface area contributed by atoms with Crippen molar-refractivity contribution < 1.29 is 23.1 Å². The van der Waals surface area contributed by atoms with Gasteiger partial charge < -0.3 is 15.0 Å². The molecule has 1 fully saturated rings. The van der Waals surface area contributed by atoms with Gasteiger partial charge in [-0.05, 0) is 50.0 Å². The minimum atomic E-state index is -2.96. The van der Waals surface area contributed by atoms with Crippen LogP contribution in [0.1, 0.15) is 47.8 Å². The lowest BCUT2D eigenvalue weighted by molar-refractivity contribution is -0.117. The molecule has 0 atom stereocenters. The number of hydrogen-bond acceptors (Lipinski definition) is 5. The Hall–Kier alpha value is -3.36. The van der Waals surface area contributed by atoms with E-state index in [0.29, 0.717) is 22.6 Å². The van der Waals surface area contributed by atoms with Gasteiger partial charge in [-0.25, -0.2) is 18.7 Å². The summed E-state index contributed by atoms with van der Waals surface area (Å²) >= 11 is 0. The van der Waals surface area contributed by atoms with Crippen molar-refractivity contribution in [3.05, 3.63) is 59.4 Å². The molecule has 1 N–H and O–H groups in total. The molecule has 0 radical (unpaired) electrons. The molecule has 176 valence electrons. The Morgan fingerprint density at radius 1 is 1.30 bits per heavy atom. The fourth-order valence-electron chi connectivity index (χ4n) is 3.20. The van der Waals surface area contributed by atoms with E-state index in [9.17, 15) is 18.4 Å². The summed E-state index contributed by atoms with van der Waals surface area (Å²) in [5, 5.41) is 2.73. The van der Waals surface area contributed by atoms with Crippen LogP contribution < -0.4 is 10.1 Å². The minimum absolute atomic E-state index is 0.0313. The number of amides is 2. The maximum absolute atomic E-state index is 13.8. The number of hydrogen-bond donors (Lipinski definition) is 1. The quantitative estimate of drug-likeness (QED) is 0.538. The monoisotopic (exact) mass is 458 g/mol. The van der Waals surface area contributed by atoms with E-state index in [1.165, 1.54) is 25.1 Å². The predicted octanol–water partition coefficient (Wildman–Crippen LogP) is 4.25. The summed E-state index contributed by atoms with van der Waals surface area (Å²) in [7, 11) is 3.07. The molecule has 0 unspecified atom stereocenters. The van der Waals surface area contributed by atoms with Crippen LogP contribution in [0.4, 0.5) is 14.6 Å². The van der Waals surface area contributed by atoms with Crippen molar-refractivity contribution in [1.82, 2.24) is 14.9 Å². The number of allylic oxidation sites excluding steroid dienone is 1. The van der Waals surface area contributed by atoms with E-state index >= 15 is 0 Å². The van der Waals surface area contributed by atoms with Gasteiger partial charge in [0, 0.05) is 42.4 Å². The summed E-state index contributed by atoms with van der Waals surface area (Å²) in [4.78, 5) is 34.8. The zero-order chi connectivity index (χ0) is 24.2. The number of aromatic nitrogens is 2. The van der Waals surface area contributed by atoms with Gasteiger partial charge in [0.15, 0.2) is 0 Å². The summed E-state index contributed by atoms with van der Waals surface area (Å²) in [6.07, 6.45) is 2.90. The largest absolute Gasteiger partial charge is 0.481 e. The Bertz CT molecular complexity index is 1050. The van der Waals surface area contributed by atoms with Gasteiger partial charge in [0.25, 0.3) is 11.8 Å². The average molecular weight is 459 g/mol. The number of ether oxygens (including phenoxy) is 1. The fourth-order valence-corrected chi connectivity index (χ4v) is 3.20. The van der Waals surface area contributed by atoms with Crippen molar-refractivity contribution in [3.63, 3.8) is 0 Å². The van der Waals surface area contributed by atoms with Crippen LogP contribution in [-0.4, -0.2) is 46.8 Å². The zero-order valence-corrected chi connectivity index (χ0v) is 19.0. The maximum Gasteiger partial charge on any atom is 0.269 e. The van der Waals surface area contributed by atoms with Crippen molar-refractivity contribution in [2.75, 3.05) is 19.5 Å². The maximum atomic E-state index is 13.8. The van der Waals surface area contributed by atoms with Crippen LogP contribution in [0.25, 0.3) is 0 Å². The summed E-state index contributed by atoms with van der Waals surface area (Å²) in [6.45, 7) is 4.83. The van der Waals surface area contributed by atoms with Crippen molar-refractivity contribution in [3.8, 4) is 5.88 Å². The van der Waals surface area contributed by atoms with E-state index in [4.69, 9.17) is 4.74 Å². The van der Waals surface area contributed by atoms with Crippen molar-refractivity contribution >= 4 is 17.6 Å². The van der Waals surface area contributed by atoms with E-state index < -0.39 is 12.3 Å². The number of alkyl halides is 2. The second kappa shape index (κ2) is 10.1. The van der Waals surface area contributed by atoms with Crippen LogP contribution in [0.2, 0.25) is 0 Å². The number of aryl methyl sites for hydroxylation is 1. The summed E-state index contributed by atoms with van der Waals surface area (Å²) in [6, 6.07) is 6.49. The van der Waals surface area contributed by atoms with Gasteiger partial charge in [-0.3, -0.25) is 9.59 Å². The molecule has 0 saturated heterocycles. The van der Waals surface area contributed by atoms with Crippen LogP contribution in [0.3, 0.4) is 0 Å². The normalized spacial score (nSPS) is 13.4. The van der Waals surface area contributed by atoms with E-state index in [-0.39, 0.29) is 42.2 Å². The molecule has 0 aliphatic heterocycles. The highest BCUT2D eigenvalue weighted by molar-refractivity contribution is 5.97. The number of nitrogens with one attached hydrogen (secondary N) is 1. The first-order chi connectivity index (χ1) is 15.6. The first-order valence-electron chi connectivity index (χ1n) is 10.7. The molecule has 1 aliphatic rings. The highest BCUT2D eigenvalue weighted by atomic mass is 19.3. The lowest BCUT2D eigenvalue weighted by Crippen LogP contribution is -2.27. The first kappa shape index (κ1) is 24.3. The Morgan fingerprint density at radius 2 is 2.03 bits per heavy atom. The van der Waals surface area contributed by atoms with Crippen molar-refractivity contribution in [1.29, 1.82) is 0 Å². The van der Waals surface area contributed by atoms with Gasteiger partial charge in [-0.2, -0.15) is 0 Å². The number of rotatable bonds is 10. The SMILES string of the molecule is C=C(C)C(F)(F)CCc1ccc(CN(C)C(=O)c2ccnc(NC(=O)C3CC3)c2)c(OC)n1. The molecule has 1 aliphatic carbocycles. The topological polar surface area (TPSA) is 84.4 Å². The van der Waals surface area contributed by atoms with Gasteiger partial charge in [-0.1, -0.05) is 12.6 Å². The minimum Gasteiger partial charge on any atom is -0.481 e. The van der Waals surface area contributed by atoms with Crippen LogP contribution in [0.5, 0.6) is 5.88 Å². The first-order valence-corrected chi connectivity index (χ1v) is 10.7.